The molecule has 0 saturated carbocycles. The van der Waals surface area contributed by atoms with Crippen molar-refractivity contribution in [1.82, 2.24) is 5.32 Å². The lowest BCUT2D eigenvalue weighted by molar-refractivity contribution is 0.0950. The van der Waals surface area contributed by atoms with Crippen molar-refractivity contribution >= 4 is 41.6 Å². The Kier molecular flexibility index (Phi) is 7.05. The fraction of sp³-hybridized carbons (Fsp3) is 0.417. The Morgan fingerprint density at radius 3 is 2.67 bits per heavy atom. The van der Waals surface area contributed by atoms with Gasteiger partial charge in [-0.3, -0.25) is 4.79 Å². The lowest BCUT2D eigenvalue weighted by atomic mass is 10.2. The largest absolute Gasteiger partial charge is 0.385 e. The molecule has 1 aromatic carbocycles. The third-order valence-corrected chi connectivity index (χ3v) is 5.03. The van der Waals surface area contributed by atoms with Crippen molar-refractivity contribution < 1.29 is 22.3 Å². The molecule has 1 rings (SSSR count). The van der Waals surface area contributed by atoms with Crippen LogP contribution in [0.15, 0.2) is 21.5 Å². The minimum absolute atomic E-state index is 0.0618. The lowest BCUT2D eigenvalue weighted by Gasteiger charge is -2.09. The van der Waals surface area contributed by atoms with Gasteiger partial charge in [0.15, 0.2) is 0 Å². The number of benzene rings is 1. The van der Waals surface area contributed by atoms with Gasteiger partial charge >= 0.3 is 0 Å². The number of rotatable bonds is 7. The van der Waals surface area contributed by atoms with Crippen molar-refractivity contribution in [3.05, 3.63) is 28.0 Å². The first-order valence-electron chi connectivity index (χ1n) is 5.98. The normalized spacial score (nSPS) is 11.4. The maximum Gasteiger partial charge on any atom is 0.262 e. The third kappa shape index (κ3) is 5.54. The Bertz CT molecular complexity index is 624. The minimum Gasteiger partial charge on any atom is -0.385 e. The highest BCUT2D eigenvalue weighted by atomic mass is 79.9. The van der Waals surface area contributed by atoms with Crippen LogP contribution in [0.2, 0.25) is 0 Å². The van der Waals surface area contributed by atoms with E-state index in [0.717, 1.165) is 18.6 Å². The molecule has 1 amide bonds. The van der Waals surface area contributed by atoms with Gasteiger partial charge in [0.25, 0.3) is 15.0 Å². The summed E-state index contributed by atoms with van der Waals surface area (Å²) in [5.74, 6) is -1.44. The summed E-state index contributed by atoms with van der Waals surface area (Å²) in [7, 11) is 2.63. The fourth-order valence-electron chi connectivity index (χ4n) is 1.58. The molecule has 0 saturated heterocycles. The van der Waals surface area contributed by atoms with E-state index in [-0.39, 0.29) is 10.0 Å². The van der Waals surface area contributed by atoms with Crippen molar-refractivity contribution in [2.24, 2.45) is 0 Å². The molecule has 9 heteroatoms. The topological polar surface area (TPSA) is 72.5 Å². The van der Waals surface area contributed by atoms with Crippen molar-refractivity contribution in [1.29, 1.82) is 0 Å². The van der Waals surface area contributed by atoms with E-state index in [0.29, 0.717) is 19.6 Å². The molecule has 0 fully saturated rings. The second kappa shape index (κ2) is 8.07. The highest BCUT2D eigenvalue weighted by molar-refractivity contribution is 9.10. The van der Waals surface area contributed by atoms with Gasteiger partial charge in [-0.1, -0.05) is 0 Å². The summed E-state index contributed by atoms with van der Waals surface area (Å²) in [6, 6.07) is 1.70. The molecule has 0 aliphatic rings. The number of methoxy groups -OCH3 is 1. The van der Waals surface area contributed by atoms with Crippen molar-refractivity contribution in [2.45, 2.75) is 17.7 Å². The average Bonchev–Trinajstić information content (AvgIpc) is 2.39. The maximum absolute atomic E-state index is 13.4. The van der Waals surface area contributed by atoms with E-state index in [4.69, 9.17) is 15.4 Å². The second-order valence-corrected chi connectivity index (χ2v) is 7.49. The number of hydrogen-bond donors (Lipinski definition) is 1. The first kappa shape index (κ1) is 18.3. The molecular weight excluding hydrogens is 389 g/mol. The summed E-state index contributed by atoms with van der Waals surface area (Å²) >= 11 is 2.97. The molecule has 0 aromatic heterocycles. The van der Waals surface area contributed by atoms with Crippen LogP contribution in [0.25, 0.3) is 0 Å². The molecule has 0 heterocycles. The number of hydrogen-bond acceptors (Lipinski definition) is 4. The SMILES string of the molecule is COCCCCNC(=O)c1cc(F)cc(S(=O)(=O)Cl)c1Br. The first-order valence-corrected chi connectivity index (χ1v) is 9.08. The molecule has 0 radical (unpaired) electrons. The second-order valence-electron chi connectivity index (χ2n) is 4.16. The summed E-state index contributed by atoms with van der Waals surface area (Å²) in [6.07, 6.45) is 1.45. The number of nitrogens with one attached hydrogen (secondary N) is 1. The number of carbonyl (C=O) groups is 1. The van der Waals surface area contributed by atoms with Gasteiger partial charge in [-0.15, -0.1) is 0 Å². The van der Waals surface area contributed by atoms with Crippen LogP contribution in [-0.2, 0) is 13.8 Å². The number of halogens is 3. The van der Waals surface area contributed by atoms with E-state index in [1.807, 2.05) is 0 Å². The molecule has 0 unspecified atom stereocenters. The summed E-state index contributed by atoms with van der Waals surface area (Å²) < 4.78 is 40.9. The highest BCUT2D eigenvalue weighted by Crippen LogP contribution is 2.29. The van der Waals surface area contributed by atoms with Gasteiger partial charge in [-0.2, -0.15) is 0 Å². The van der Waals surface area contributed by atoms with Crippen molar-refractivity contribution in [3.63, 3.8) is 0 Å². The van der Waals surface area contributed by atoms with Crippen LogP contribution in [-0.4, -0.2) is 34.6 Å². The molecule has 21 heavy (non-hydrogen) atoms. The molecule has 1 N–H and O–H groups in total. The van der Waals surface area contributed by atoms with Crippen LogP contribution < -0.4 is 5.32 Å². The van der Waals surface area contributed by atoms with Crippen LogP contribution in [0.1, 0.15) is 23.2 Å². The quantitative estimate of drug-likeness (QED) is 0.562. The average molecular weight is 403 g/mol. The van der Waals surface area contributed by atoms with E-state index >= 15 is 0 Å². The number of unbranched alkanes of at least 4 members (excludes halogenated alkanes) is 1. The Labute approximate surface area is 135 Å². The lowest BCUT2D eigenvalue weighted by Crippen LogP contribution is -2.25. The van der Waals surface area contributed by atoms with Crippen LogP contribution in [0, 0.1) is 5.82 Å². The molecule has 118 valence electrons. The zero-order valence-corrected chi connectivity index (χ0v) is 14.3. The number of amides is 1. The predicted molar refractivity (Wildman–Crippen MR) is 80.6 cm³/mol. The summed E-state index contributed by atoms with van der Waals surface area (Å²) in [5, 5.41) is 2.58. The van der Waals surface area contributed by atoms with Crippen molar-refractivity contribution in [3.8, 4) is 0 Å². The fourth-order valence-corrected chi connectivity index (χ4v) is 3.85. The smallest absolute Gasteiger partial charge is 0.262 e. The van der Waals surface area contributed by atoms with E-state index in [9.17, 15) is 17.6 Å². The molecule has 0 aliphatic carbocycles. The molecule has 0 spiro atoms. The third-order valence-electron chi connectivity index (χ3n) is 2.57. The number of carbonyl (C=O) groups excluding carboxylic acids is 1. The van der Waals surface area contributed by atoms with E-state index < -0.39 is 25.7 Å². The van der Waals surface area contributed by atoms with Gasteiger partial charge < -0.3 is 10.1 Å². The van der Waals surface area contributed by atoms with Gasteiger partial charge in [0.2, 0.25) is 0 Å². The Balaban J connectivity index is 2.88. The van der Waals surface area contributed by atoms with Crippen LogP contribution in [0.3, 0.4) is 0 Å². The Hall–Kier alpha value is -0.700. The van der Waals surface area contributed by atoms with Gasteiger partial charge in [0.1, 0.15) is 10.7 Å². The minimum atomic E-state index is -4.16. The standard InChI is InChI=1S/C12H14BrClFNO4S/c1-20-5-3-2-4-16-12(17)9-6-8(15)7-10(11(9)13)21(14,18)19/h6-7H,2-5H2,1H3,(H,16,17). The van der Waals surface area contributed by atoms with Crippen LogP contribution in [0.4, 0.5) is 4.39 Å². The summed E-state index contributed by atoms with van der Waals surface area (Å²) in [4.78, 5) is 11.5. The van der Waals surface area contributed by atoms with Gasteiger partial charge in [0, 0.05) is 30.9 Å². The zero-order valence-electron chi connectivity index (χ0n) is 11.2. The highest BCUT2D eigenvalue weighted by Gasteiger charge is 2.22. The molecule has 0 aliphatic heterocycles. The molecule has 5 nitrogen and oxygen atoms in total. The maximum atomic E-state index is 13.4. The van der Waals surface area contributed by atoms with E-state index in [1.165, 1.54) is 0 Å². The number of ether oxygens (including phenoxy) is 1. The summed E-state index contributed by atoms with van der Waals surface area (Å²) in [6.45, 7) is 0.947. The summed E-state index contributed by atoms with van der Waals surface area (Å²) in [5.41, 5.74) is -0.124. The Morgan fingerprint density at radius 1 is 1.43 bits per heavy atom. The van der Waals surface area contributed by atoms with Crippen LogP contribution in [0.5, 0.6) is 0 Å². The molecule has 0 bridgehead atoms. The zero-order chi connectivity index (χ0) is 16.0. The first-order chi connectivity index (χ1) is 9.77. The van der Waals surface area contributed by atoms with Gasteiger partial charge in [0.05, 0.1) is 10.0 Å². The van der Waals surface area contributed by atoms with Crippen LogP contribution >= 0.6 is 26.6 Å². The van der Waals surface area contributed by atoms with Gasteiger partial charge in [-0.05, 0) is 40.9 Å². The van der Waals surface area contributed by atoms with Crippen molar-refractivity contribution in [2.75, 3.05) is 20.3 Å². The molecular formula is C12H14BrClFNO4S. The monoisotopic (exact) mass is 401 g/mol. The molecule has 0 atom stereocenters. The Morgan fingerprint density at radius 2 is 2.10 bits per heavy atom. The molecule has 1 aromatic rings. The van der Waals surface area contributed by atoms with E-state index in [1.54, 1.807) is 7.11 Å². The van der Waals surface area contributed by atoms with E-state index in [2.05, 4.69) is 21.2 Å². The predicted octanol–water partition coefficient (Wildman–Crippen LogP) is 2.67. The van der Waals surface area contributed by atoms with Gasteiger partial charge in [-0.25, -0.2) is 12.8 Å².